The highest BCUT2D eigenvalue weighted by molar-refractivity contribution is 9.10. The topological polar surface area (TPSA) is 20.2 Å². The van der Waals surface area contributed by atoms with Gasteiger partial charge in [0, 0.05) is 10.9 Å². The molecule has 0 heterocycles. The van der Waals surface area contributed by atoms with E-state index >= 15 is 0 Å². The van der Waals surface area contributed by atoms with Crippen molar-refractivity contribution in [3.8, 4) is 0 Å². The van der Waals surface area contributed by atoms with E-state index in [1.54, 1.807) is 0 Å². The van der Waals surface area contributed by atoms with Gasteiger partial charge < -0.3 is 5.11 Å². The summed E-state index contributed by atoms with van der Waals surface area (Å²) in [6, 6.07) is 16.0. The summed E-state index contributed by atoms with van der Waals surface area (Å²) in [6.45, 7) is 2.07. The van der Waals surface area contributed by atoms with Crippen molar-refractivity contribution in [3.63, 3.8) is 0 Å². The van der Waals surface area contributed by atoms with E-state index in [1.165, 1.54) is 11.1 Å². The van der Waals surface area contributed by atoms with Crippen molar-refractivity contribution in [3.05, 3.63) is 69.7 Å². The van der Waals surface area contributed by atoms with Gasteiger partial charge in [-0.2, -0.15) is 0 Å². The van der Waals surface area contributed by atoms with Crippen LogP contribution < -0.4 is 0 Å². The molecule has 0 aliphatic rings. The summed E-state index contributed by atoms with van der Waals surface area (Å²) in [5, 5.41) is 10.2. The van der Waals surface area contributed by atoms with E-state index in [9.17, 15) is 5.11 Å². The van der Waals surface area contributed by atoms with E-state index < -0.39 is 6.10 Å². The number of hydrogen-bond acceptors (Lipinski definition) is 1. The zero-order valence-electron chi connectivity index (χ0n) is 9.73. The van der Waals surface area contributed by atoms with Gasteiger partial charge in [0.1, 0.15) is 0 Å². The predicted molar refractivity (Wildman–Crippen MR) is 74.0 cm³/mol. The summed E-state index contributed by atoms with van der Waals surface area (Å²) < 4.78 is 0.959. The number of hydrogen-bond donors (Lipinski definition) is 1. The highest BCUT2D eigenvalue weighted by atomic mass is 79.9. The monoisotopic (exact) mass is 290 g/mol. The van der Waals surface area contributed by atoms with Crippen molar-refractivity contribution in [2.75, 3.05) is 0 Å². The van der Waals surface area contributed by atoms with Gasteiger partial charge in [0.25, 0.3) is 0 Å². The van der Waals surface area contributed by atoms with Crippen molar-refractivity contribution in [2.24, 2.45) is 0 Å². The van der Waals surface area contributed by atoms with Crippen molar-refractivity contribution in [1.82, 2.24) is 0 Å². The first kappa shape index (κ1) is 12.3. The first-order valence-electron chi connectivity index (χ1n) is 5.65. The number of aliphatic hydroxyl groups excluding tert-OH is 1. The lowest BCUT2D eigenvalue weighted by Gasteiger charge is -2.14. The van der Waals surface area contributed by atoms with E-state index in [0.29, 0.717) is 6.42 Å². The second-order valence-electron chi connectivity index (χ2n) is 4.17. The summed E-state index contributed by atoms with van der Waals surface area (Å²) >= 11 is 3.47. The molecule has 1 atom stereocenters. The van der Waals surface area contributed by atoms with E-state index in [1.807, 2.05) is 36.4 Å². The van der Waals surface area contributed by atoms with Gasteiger partial charge in [-0.3, -0.25) is 0 Å². The van der Waals surface area contributed by atoms with Crippen molar-refractivity contribution in [1.29, 1.82) is 0 Å². The molecule has 0 amide bonds. The average Bonchev–Trinajstić information content (AvgIpc) is 2.32. The first-order chi connectivity index (χ1) is 8.18. The third-order valence-corrected chi connectivity index (χ3v) is 3.66. The fraction of sp³-hybridized carbons (Fsp3) is 0.200. The highest BCUT2D eigenvalue weighted by Gasteiger charge is 2.12. The summed E-state index contributed by atoms with van der Waals surface area (Å²) in [7, 11) is 0. The van der Waals surface area contributed by atoms with Crippen LogP contribution in [0.1, 0.15) is 22.8 Å². The van der Waals surface area contributed by atoms with Crippen LogP contribution in [0.4, 0.5) is 0 Å². The molecule has 88 valence electrons. The molecule has 2 rings (SSSR count). The molecule has 0 bridgehead atoms. The Kier molecular flexibility index (Phi) is 3.97. The standard InChI is InChI=1S/C15H15BrO/c1-11-6-2-3-7-12(11)10-15(17)13-8-4-5-9-14(13)16/h2-9,15,17H,10H2,1H3. The van der Waals surface area contributed by atoms with Crippen molar-refractivity contribution >= 4 is 15.9 Å². The third kappa shape index (κ3) is 2.96. The minimum atomic E-state index is -0.466. The molecule has 17 heavy (non-hydrogen) atoms. The minimum absolute atomic E-state index is 0.466. The van der Waals surface area contributed by atoms with Crippen molar-refractivity contribution < 1.29 is 5.11 Å². The molecule has 2 heteroatoms. The van der Waals surface area contributed by atoms with Crippen LogP contribution in [0.15, 0.2) is 53.0 Å². The molecule has 1 N–H and O–H groups in total. The van der Waals surface area contributed by atoms with Gasteiger partial charge in [0.05, 0.1) is 6.10 Å². The molecule has 2 aromatic carbocycles. The van der Waals surface area contributed by atoms with Gasteiger partial charge in [-0.25, -0.2) is 0 Å². The fourth-order valence-electron chi connectivity index (χ4n) is 1.90. The number of benzene rings is 2. The Morgan fingerprint density at radius 2 is 1.71 bits per heavy atom. The molecule has 0 aliphatic heterocycles. The average molecular weight is 291 g/mol. The van der Waals surface area contributed by atoms with E-state index in [0.717, 1.165) is 10.0 Å². The van der Waals surface area contributed by atoms with Crippen LogP contribution in [-0.4, -0.2) is 5.11 Å². The Morgan fingerprint density at radius 1 is 1.06 bits per heavy atom. The number of aliphatic hydroxyl groups is 1. The van der Waals surface area contributed by atoms with Crippen LogP contribution in [0.3, 0.4) is 0 Å². The van der Waals surface area contributed by atoms with Crippen LogP contribution >= 0.6 is 15.9 Å². The third-order valence-electron chi connectivity index (χ3n) is 2.94. The van der Waals surface area contributed by atoms with Crippen LogP contribution in [0, 0.1) is 6.92 Å². The van der Waals surface area contributed by atoms with Gasteiger partial charge in [-0.1, -0.05) is 58.4 Å². The second-order valence-corrected chi connectivity index (χ2v) is 5.02. The lowest BCUT2D eigenvalue weighted by atomic mass is 9.98. The molecule has 0 aliphatic carbocycles. The number of halogens is 1. The van der Waals surface area contributed by atoms with E-state index in [-0.39, 0.29) is 0 Å². The molecule has 2 aromatic rings. The zero-order chi connectivity index (χ0) is 12.3. The Hall–Kier alpha value is -1.12. The molecule has 0 radical (unpaired) electrons. The summed E-state index contributed by atoms with van der Waals surface area (Å²) in [5.74, 6) is 0. The molecule has 0 fully saturated rings. The maximum atomic E-state index is 10.2. The van der Waals surface area contributed by atoms with Gasteiger partial charge in [0.15, 0.2) is 0 Å². The zero-order valence-corrected chi connectivity index (χ0v) is 11.3. The molecule has 0 saturated carbocycles. The Balaban J connectivity index is 2.20. The summed E-state index contributed by atoms with van der Waals surface area (Å²) in [6.07, 6.45) is 0.182. The number of rotatable bonds is 3. The van der Waals surface area contributed by atoms with Gasteiger partial charge in [-0.15, -0.1) is 0 Å². The Bertz CT molecular complexity index is 508. The smallest absolute Gasteiger partial charge is 0.0841 e. The lowest BCUT2D eigenvalue weighted by Crippen LogP contribution is -2.03. The van der Waals surface area contributed by atoms with Crippen LogP contribution in [-0.2, 0) is 6.42 Å². The fourth-order valence-corrected chi connectivity index (χ4v) is 2.45. The van der Waals surface area contributed by atoms with E-state index in [4.69, 9.17) is 0 Å². The molecule has 0 spiro atoms. The maximum Gasteiger partial charge on any atom is 0.0841 e. The molecule has 0 aromatic heterocycles. The van der Waals surface area contributed by atoms with Crippen LogP contribution in [0.2, 0.25) is 0 Å². The molecular formula is C15H15BrO. The molecule has 1 nitrogen and oxygen atoms in total. The summed E-state index contributed by atoms with van der Waals surface area (Å²) in [4.78, 5) is 0. The predicted octanol–water partition coefficient (Wildman–Crippen LogP) is 4.03. The largest absolute Gasteiger partial charge is 0.388 e. The first-order valence-corrected chi connectivity index (χ1v) is 6.45. The summed E-state index contributed by atoms with van der Waals surface area (Å²) in [5.41, 5.74) is 3.35. The highest BCUT2D eigenvalue weighted by Crippen LogP contribution is 2.26. The Morgan fingerprint density at radius 3 is 2.41 bits per heavy atom. The van der Waals surface area contributed by atoms with Crippen LogP contribution in [0.25, 0.3) is 0 Å². The van der Waals surface area contributed by atoms with E-state index in [2.05, 4.69) is 35.0 Å². The van der Waals surface area contributed by atoms with Crippen LogP contribution in [0.5, 0.6) is 0 Å². The molecule has 0 saturated heterocycles. The Labute approximate surface area is 110 Å². The second kappa shape index (κ2) is 5.48. The van der Waals surface area contributed by atoms with Gasteiger partial charge in [0.2, 0.25) is 0 Å². The maximum absolute atomic E-state index is 10.2. The molecule has 1 unspecified atom stereocenters. The quantitative estimate of drug-likeness (QED) is 0.905. The SMILES string of the molecule is Cc1ccccc1CC(O)c1ccccc1Br. The van der Waals surface area contributed by atoms with Crippen molar-refractivity contribution in [2.45, 2.75) is 19.4 Å². The minimum Gasteiger partial charge on any atom is -0.388 e. The van der Waals surface area contributed by atoms with Gasteiger partial charge in [-0.05, 0) is 29.7 Å². The molecular weight excluding hydrogens is 276 g/mol. The normalized spacial score (nSPS) is 12.4. The lowest BCUT2D eigenvalue weighted by molar-refractivity contribution is 0.177. The van der Waals surface area contributed by atoms with Gasteiger partial charge >= 0.3 is 0 Å². The number of aryl methyl sites for hydroxylation is 1.